The molecule has 20 heavy (non-hydrogen) atoms. The molecule has 0 radical (unpaired) electrons. The lowest BCUT2D eigenvalue weighted by Gasteiger charge is -2.33. The monoisotopic (exact) mass is 280 g/mol. The van der Waals surface area contributed by atoms with Crippen molar-refractivity contribution in [2.45, 2.75) is 58.3 Å². The Kier molecular flexibility index (Phi) is 5.44. The number of rotatable bonds is 4. The van der Waals surface area contributed by atoms with Crippen LogP contribution in [0.3, 0.4) is 0 Å². The Labute approximate surface area is 122 Å². The van der Waals surface area contributed by atoms with Crippen molar-refractivity contribution in [2.24, 2.45) is 23.5 Å². The van der Waals surface area contributed by atoms with Crippen molar-refractivity contribution < 1.29 is 9.59 Å². The molecule has 4 heteroatoms. The second-order valence-corrected chi connectivity index (χ2v) is 6.64. The molecule has 1 aliphatic carbocycles. The van der Waals surface area contributed by atoms with Gasteiger partial charge >= 0.3 is 0 Å². The van der Waals surface area contributed by atoms with Gasteiger partial charge in [-0.3, -0.25) is 9.59 Å². The summed E-state index contributed by atoms with van der Waals surface area (Å²) in [5, 5.41) is 0. The van der Waals surface area contributed by atoms with E-state index in [0.29, 0.717) is 25.4 Å². The Hall–Kier alpha value is -1.06. The summed E-state index contributed by atoms with van der Waals surface area (Å²) in [6.07, 6.45) is 8.73. The van der Waals surface area contributed by atoms with Gasteiger partial charge < -0.3 is 10.6 Å². The fourth-order valence-electron chi connectivity index (χ4n) is 3.69. The molecular weight excluding hydrogens is 252 g/mol. The smallest absolute Gasteiger partial charge is 0.222 e. The predicted molar refractivity (Wildman–Crippen MR) is 78.9 cm³/mol. The quantitative estimate of drug-likeness (QED) is 0.859. The van der Waals surface area contributed by atoms with Gasteiger partial charge in [-0.05, 0) is 24.7 Å². The van der Waals surface area contributed by atoms with E-state index in [4.69, 9.17) is 5.73 Å². The zero-order valence-electron chi connectivity index (χ0n) is 12.6. The van der Waals surface area contributed by atoms with Crippen molar-refractivity contribution in [3.8, 4) is 0 Å². The second-order valence-electron chi connectivity index (χ2n) is 6.64. The number of piperidine rings is 1. The molecule has 0 spiro atoms. The fraction of sp³-hybridized carbons (Fsp3) is 0.875. The Bertz CT molecular complexity index is 342. The lowest BCUT2D eigenvalue weighted by Crippen LogP contribution is -2.42. The van der Waals surface area contributed by atoms with Gasteiger partial charge in [0.15, 0.2) is 0 Å². The molecule has 0 aromatic heterocycles. The topological polar surface area (TPSA) is 63.4 Å². The van der Waals surface area contributed by atoms with E-state index >= 15 is 0 Å². The standard InChI is InChI=1S/C16H28N2O2/c1-12(13-5-3-2-4-6-13)11-15(19)18-9-7-14(8-10-18)16(17)20/h12-14H,2-11H2,1H3,(H2,17,20)/t12-/m0/s1. The third-order valence-corrected chi connectivity index (χ3v) is 5.20. The minimum atomic E-state index is -0.215. The van der Waals surface area contributed by atoms with E-state index in [1.165, 1.54) is 32.1 Å². The molecule has 1 saturated carbocycles. The molecule has 2 rings (SSSR count). The zero-order valence-corrected chi connectivity index (χ0v) is 12.6. The van der Waals surface area contributed by atoms with Crippen LogP contribution in [-0.4, -0.2) is 29.8 Å². The number of likely N-dealkylation sites (tertiary alicyclic amines) is 1. The number of nitrogens with two attached hydrogens (primary N) is 1. The average Bonchev–Trinajstić information content (AvgIpc) is 2.48. The molecule has 4 nitrogen and oxygen atoms in total. The SMILES string of the molecule is C[C@@H](CC(=O)N1CCC(C(N)=O)CC1)C1CCCCC1. The maximum atomic E-state index is 12.3. The Balaban J connectivity index is 1.76. The van der Waals surface area contributed by atoms with Crippen molar-refractivity contribution in [1.82, 2.24) is 4.90 Å². The highest BCUT2D eigenvalue weighted by molar-refractivity contribution is 5.79. The van der Waals surface area contributed by atoms with Gasteiger partial charge in [-0.15, -0.1) is 0 Å². The summed E-state index contributed by atoms with van der Waals surface area (Å²) in [6, 6.07) is 0. The van der Waals surface area contributed by atoms with Crippen LogP contribution in [0.2, 0.25) is 0 Å². The molecule has 1 heterocycles. The van der Waals surface area contributed by atoms with Crippen LogP contribution in [0.4, 0.5) is 0 Å². The van der Waals surface area contributed by atoms with E-state index in [1.54, 1.807) is 0 Å². The highest BCUT2D eigenvalue weighted by Crippen LogP contribution is 2.32. The van der Waals surface area contributed by atoms with Crippen LogP contribution in [0.15, 0.2) is 0 Å². The summed E-state index contributed by atoms with van der Waals surface area (Å²) >= 11 is 0. The molecule has 1 saturated heterocycles. The maximum absolute atomic E-state index is 12.3. The normalized spacial score (nSPS) is 23.6. The van der Waals surface area contributed by atoms with Gasteiger partial charge in [-0.25, -0.2) is 0 Å². The molecule has 1 aliphatic heterocycles. The number of nitrogens with zero attached hydrogens (tertiary/aromatic N) is 1. The van der Waals surface area contributed by atoms with E-state index in [2.05, 4.69) is 6.92 Å². The molecule has 114 valence electrons. The van der Waals surface area contributed by atoms with Crippen molar-refractivity contribution in [2.75, 3.05) is 13.1 Å². The lowest BCUT2D eigenvalue weighted by atomic mass is 9.79. The molecule has 2 amide bonds. The molecule has 2 N–H and O–H groups in total. The highest BCUT2D eigenvalue weighted by atomic mass is 16.2. The van der Waals surface area contributed by atoms with Crippen molar-refractivity contribution in [1.29, 1.82) is 0 Å². The third kappa shape index (κ3) is 3.97. The lowest BCUT2D eigenvalue weighted by molar-refractivity contribution is -0.136. The first-order valence-corrected chi connectivity index (χ1v) is 8.15. The van der Waals surface area contributed by atoms with Crippen LogP contribution in [0.1, 0.15) is 58.3 Å². The molecular formula is C16H28N2O2. The van der Waals surface area contributed by atoms with E-state index in [0.717, 1.165) is 18.8 Å². The summed E-state index contributed by atoms with van der Waals surface area (Å²) < 4.78 is 0. The first-order chi connectivity index (χ1) is 9.58. The molecule has 0 bridgehead atoms. The van der Waals surface area contributed by atoms with Gasteiger partial charge in [-0.1, -0.05) is 39.0 Å². The maximum Gasteiger partial charge on any atom is 0.222 e. The zero-order chi connectivity index (χ0) is 14.5. The van der Waals surface area contributed by atoms with E-state index in [1.807, 2.05) is 4.90 Å². The van der Waals surface area contributed by atoms with Crippen LogP contribution in [-0.2, 0) is 9.59 Å². The summed E-state index contributed by atoms with van der Waals surface area (Å²) in [7, 11) is 0. The number of primary amides is 1. The molecule has 0 aromatic rings. The summed E-state index contributed by atoms with van der Waals surface area (Å²) in [5.74, 6) is 1.25. The molecule has 0 unspecified atom stereocenters. The fourth-order valence-corrected chi connectivity index (χ4v) is 3.69. The summed E-state index contributed by atoms with van der Waals surface area (Å²) in [6.45, 7) is 3.62. The van der Waals surface area contributed by atoms with E-state index in [9.17, 15) is 9.59 Å². The minimum Gasteiger partial charge on any atom is -0.369 e. The Morgan fingerprint density at radius 1 is 1.10 bits per heavy atom. The van der Waals surface area contributed by atoms with E-state index in [-0.39, 0.29) is 17.7 Å². The number of amides is 2. The van der Waals surface area contributed by atoms with Crippen LogP contribution >= 0.6 is 0 Å². The summed E-state index contributed by atoms with van der Waals surface area (Å²) in [5.41, 5.74) is 5.32. The number of carbonyl (C=O) groups excluding carboxylic acids is 2. The molecule has 2 fully saturated rings. The predicted octanol–water partition coefficient (Wildman–Crippen LogP) is 2.32. The van der Waals surface area contributed by atoms with Crippen LogP contribution < -0.4 is 5.73 Å². The number of hydrogen-bond donors (Lipinski definition) is 1. The van der Waals surface area contributed by atoms with Gasteiger partial charge in [0.1, 0.15) is 0 Å². The second kappa shape index (κ2) is 7.09. The number of hydrogen-bond acceptors (Lipinski definition) is 2. The van der Waals surface area contributed by atoms with Crippen molar-refractivity contribution in [3.63, 3.8) is 0 Å². The molecule has 2 aliphatic rings. The van der Waals surface area contributed by atoms with E-state index < -0.39 is 0 Å². The van der Waals surface area contributed by atoms with Gasteiger partial charge in [0, 0.05) is 25.4 Å². The first kappa shape index (κ1) is 15.3. The van der Waals surface area contributed by atoms with Gasteiger partial charge in [0.25, 0.3) is 0 Å². The largest absolute Gasteiger partial charge is 0.369 e. The van der Waals surface area contributed by atoms with Gasteiger partial charge in [-0.2, -0.15) is 0 Å². The molecule has 1 atom stereocenters. The minimum absolute atomic E-state index is 0.0326. The molecule has 0 aromatic carbocycles. The average molecular weight is 280 g/mol. The van der Waals surface area contributed by atoms with Crippen molar-refractivity contribution >= 4 is 11.8 Å². The van der Waals surface area contributed by atoms with Gasteiger partial charge in [0.05, 0.1) is 0 Å². The first-order valence-electron chi connectivity index (χ1n) is 8.15. The van der Waals surface area contributed by atoms with Gasteiger partial charge in [0.2, 0.25) is 11.8 Å². The van der Waals surface area contributed by atoms with Crippen LogP contribution in [0, 0.1) is 17.8 Å². The van der Waals surface area contributed by atoms with Crippen LogP contribution in [0.5, 0.6) is 0 Å². The summed E-state index contributed by atoms with van der Waals surface area (Å²) in [4.78, 5) is 25.4. The van der Waals surface area contributed by atoms with Crippen LogP contribution in [0.25, 0.3) is 0 Å². The highest BCUT2D eigenvalue weighted by Gasteiger charge is 2.28. The number of carbonyl (C=O) groups is 2. The van der Waals surface area contributed by atoms with Crippen molar-refractivity contribution in [3.05, 3.63) is 0 Å². The third-order valence-electron chi connectivity index (χ3n) is 5.20. The Morgan fingerprint density at radius 3 is 2.25 bits per heavy atom. The Morgan fingerprint density at radius 2 is 1.70 bits per heavy atom.